The number of imidazole rings is 1. The highest BCUT2D eigenvalue weighted by atomic mass is 35.5. The molecule has 2 aromatic carbocycles. The van der Waals surface area contributed by atoms with E-state index in [0.717, 1.165) is 12.1 Å². The Labute approximate surface area is 112 Å². The molecule has 0 amide bonds. The van der Waals surface area contributed by atoms with Crippen LogP contribution in [0.2, 0.25) is 5.02 Å². The van der Waals surface area contributed by atoms with Crippen LogP contribution in [0.3, 0.4) is 0 Å². The average molecular weight is 280 g/mol. The lowest BCUT2D eigenvalue weighted by molar-refractivity contribution is 0.510. The predicted octanol–water partition coefficient (Wildman–Crippen LogP) is 3.74. The highest BCUT2D eigenvalue weighted by Crippen LogP contribution is 2.27. The number of fused-ring (bicyclic) bond motifs is 1. The van der Waals surface area contributed by atoms with Crippen molar-refractivity contribution in [1.29, 1.82) is 0 Å². The number of halogens is 3. The molecule has 6 heteroatoms. The Morgan fingerprint density at radius 3 is 2.58 bits per heavy atom. The van der Waals surface area contributed by atoms with E-state index in [1.54, 1.807) is 18.2 Å². The van der Waals surface area contributed by atoms with Crippen molar-refractivity contribution in [3.05, 3.63) is 47.0 Å². The summed E-state index contributed by atoms with van der Waals surface area (Å²) in [6.45, 7) is 0. The van der Waals surface area contributed by atoms with Gasteiger partial charge >= 0.3 is 0 Å². The molecule has 0 aliphatic carbocycles. The van der Waals surface area contributed by atoms with Gasteiger partial charge in [-0.1, -0.05) is 11.6 Å². The van der Waals surface area contributed by atoms with Crippen LogP contribution in [-0.2, 0) is 0 Å². The molecule has 0 aliphatic heterocycles. The van der Waals surface area contributed by atoms with Crippen molar-refractivity contribution >= 4 is 28.3 Å². The Balaban J connectivity index is 2.17. The van der Waals surface area contributed by atoms with Crippen LogP contribution in [0, 0.1) is 11.6 Å². The first kappa shape index (κ1) is 11.9. The SMILES string of the molecule is Nc1ccc(-c2nc3cc(F)c(F)cc3[nH]2)cc1Cl. The summed E-state index contributed by atoms with van der Waals surface area (Å²) in [5.41, 5.74) is 7.54. The van der Waals surface area contributed by atoms with Crippen LogP contribution >= 0.6 is 11.6 Å². The van der Waals surface area contributed by atoms with Crippen LogP contribution in [-0.4, -0.2) is 9.97 Å². The second kappa shape index (κ2) is 4.20. The first-order valence-corrected chi connectivity index (χ1v) is 5.82. The molecule has 96 valence electrons. The number of nitrogens with two attached hydrogens (primary N) is 1. The minimum absolute atomic E-state index is 0.349. The van der Waals surface area contributed by atoms with E-state index in [1.165, 1.54) is 0 Å². The van der Waals surface area contributed by atoms with Crippen molar-refractivity contribution in [1.82, 2.24) is 9.97 Å². The average Bonchev–Trinajstić information content (AvgIpc) is 2.76. The molecule has 19 heavy (non-hydrogen) atoms. The third-order valence-corrected chi connectivity index (χ3v) is 3.13. The van der Waals surface area contributed by atoms with E-state index in [2.05, 4.69) is 9.97 Å². The summed E-state index contributed by atoms with van der Waals surface area (Å²) in [6.07, 6.45) is 0. The molecule has 0 bridgehead atoms. The number of aromatic nitrogens is 2. The second-order valence-corrected chi connectivity index (χ2v) is 4.51. The highest BCUT2D eigenvalue weighted by Gasteiger charge is 2.10. The summed E-state index contributed by atoms with van der Waals surface area (Å²) in [6, 6.07) is 7.13. The lowest BCUT2D eigenvalue weighted by Crippen LogP contribution is -1.87. The lowest BCUT2D eigenvalue weighted by atomic mass is 10.2. The van der Waals surface area contributed by atoms with Gasteiger partial charge in [-0.25, -0.2) is 13.8 Å². The van der Waals surface area contributed by atoms with E-state index in [4.69, 9.17) is 17.3 Å². The Hall–Kier alpha value is -2.14. The molecule has 0 saturated carbocycles. The summed E-state index contributed by atoms with van der Waals surface area (Å²) >= 11 is 5.93. The second-order valence-electron chi connectivity index (χ2n) is 4.11. The highest BCUT2D eigenvalue weighted by molar-refractivity contribution is 6.33. The van der Waals surface area contributed by atoms with Crippen molar-refractivity contribution in [3.63, 3.8) is 0 Å². The quantitative estimate of drug-likeness (QED) is 0.667. The molecule has 0 atom stereocenters. The number of hydrogen-bond donors (Lipinski definition) is 2. The molecule has 0 aliphatic rings. The van der Waals surface area contributed by atoms with Crippen molar-refractivity contribution < 1.29 is 8.78 Å². The maximum atomic E-state index is 13.1. The number of rotatable bonds is 1. The zero-order valence-corrected chi connectivity index (χ0v) is 10.3. The molecule has 1 aromatic heterocycles. The van der Waals surface area contributed by atoms with Crippen LogP contribution in [0.5, 0.6) is 0 Å². The fourth-order valence-electron chi connectivity index (χ4n) is 1.82. The molecular formula is C13H8ClF2N3. The van der Waals surface area contributed by atoms with Gasteiger partial charge in [-0.3, -0.25) is 0 Å². The molecule has 0 radical (unpaired) electrons. The van der Waals surface area contributed by atoms with E-state index >= 15 is 0 Å². The minimum Gasteiger partial charge on any atom is -0.398 e. The van der Waals surface area contributed by atoms with Crippen molar-refractivity contribution in [2.24, 2.45) is 0 Å². The van der Waals surface area contributed by atoms with Crippen molar-refractivity contribution in [2.75, 3.05) is 5.73 Å². The zero-order chi connectivity index (χ0) is 13.6. The van der Waals surface area contributed by atoms with Gasteiger partial charge in [0.2, 0.25) is 0 Å². The largest absolute Gasteiger partial charge is 0.398 e. The standard InChI is InChI=1S/C13H8ClF2N3/c14-7-3-6(1-2-10(7)17)13-18-11-4-8(15)9(16)5-12(11)19-13/h1-5H,17H2,(H,18,19). The molecule has 3 N–H and O–H groups in total. The summed E-state index contributed by atoms with van der Waals surface area (Å²) in [5, 5.41) is 0.398. The summed E-state index contributed by atoms with van der Waals surface area (Å²) in [7, 11) is 0. The maximum absolute atomic E-state index is 13.1. The topological polar surface area (TPSA) is 54.7 Å². The fourth-order valence-corrected chi connectivity index (χ4v) is 2.00. The molecule has 0 spiro atoms. The van der Waals surface area contributed by atoms with E-state index < -0.39 is 11.6 Å². The summed E-state index contributed by atoms with van der Waals surface area (Å²) in [5.74, 6) is -1.37. The Morgan fingerprint density at radius 1 is 1.11 bits per heavy atom. The van der Waals surface area contributed by atoms with Gasteiger partial charge in [-0.15, -0.1) is 0 Å². The van der Waals surface area contributed by atoms with Gasteiger partial charge in [0, 0.05) is 17.7 Å². The van der Waals surface area contributed by atoms with Crippen LogP contribution in [0.1, 0.15) is 0 Å². The van der Waals surface area contributed by atoms with Crippen molar-refractivity contribution in [2.45, 2.75) is 0 Å². The molecule has 3 rings (SSSR count). The molecule has 3 aromatic rings. The van der Waals surface area contributed by atoms with E-state index in [9.17, 15) is 8.78 Å². The van der Waals surface area contributed by atoms with E-state index in [1.807, 2.05) is 0 Å². The van der Waals surface area contributed by atoms with Gasteiger partial charge in [-0.2, -0.15) is 0 Å². The number of anilines is 1. The zero-order valence-electron chi connectivity index (χ0n) is 9.55. The third-order valence-electron chi connectivity index (χ3n) is 2.80. The minimum atomic E-state index is -0.930. The molecule has 1 heterocycles. The Morgan fingerprint density at radius 2 is 1.84 bits per heavy atom. The van der Waals surface area contributed by atoms with Crippen molar-refractivity contribution in [3.8, 4) is 11.4 Å². The summed E-state index contributed by atoms with van der Waals surface area (Å²) < 4.78 is 26.2. The number of H-pyrrole nitrogens is 1. The fraction of sp³-hybridized carbons (Fsp3) is 0. The van der Waals surface area contributed by atoms with Gasteiger partial charge in [0.15, 0.2) is 11.6 Å². The molecular weight excluding hydrogens is 272 g/mol. The monoisotopic (exact) mass is 279 g/mol. The Kier molecular flexibility index (Phi) is 2.64. The number of hydrogen-bond acceptors (Lipinski definition) is 2. The maximum Gasteiger partial charge on any atom is 0.161 e. The third kappa shape index (κ3) is 2.02. The number of nitrogen functional groups attached to an aromatic ring is 1. The lowest BCUT2D eigenvalue weighted by Gasteiger charge is -2.00. The van der Waals surface area contributed by atoms with E-state index in [-0.39, 0.29) is 0 Å². The molecule has 0 unspecified atom stereocenters. The normalized spacial score (nSPS) is 11.1. The first-order chi connectivity index (χ1) is 9.04. The van der Waals surface area contributed by atoms with Crippen LogP contribution in [0.25, 0.3) is 22.4 Å². The Bertz CT molecular complexity index is 744. The smallest absolute Gasteiger partial charge is 0.161 e. The number of benzene rings is 2. The number of aromatic amines is 1. The molecule has 0 fully saturated rings. The summed E-state index contributed by atoms with van der Waals surface area (Å²) in [4.78, 5) is 7.10. The van der Waals surface area contributed by atoms with E-state index in [0.29, 0.717) is 33.1 Å². The van der Waals surface area contributed by atoms with Gasteiger partial charge in [0.1, 0.15) is 5.82 Å². The van der Waals surface area contributed by atoms with Gasteiger partial charge in [-0.05, 0) is 18.2 Å². The number of nitrogens with zero attached hydrogens (tertiary/aromatic N) is 1. The van der Waals surface area contributed by atoms with Crippen LogP contribution in [0.4, 0.5) is 14.5 Å². The number of nitrogens with one attached hydrogen (secondary N) is 1. The molecule has 0 saturated heterocycles. The first-order valence-electron chi connectivity index (χ1n) is 5.45. The van der Waals surface area contributed by atoms with Crippen LogP contribution in [0.15, 0.2) is 30.3 Å². The van der Waals surface area contributed by atoms with Gasteiger partial charge in [0.25, 0.3) is 0 Å². The molecule has 3 nitrogen and oxygen atoms in total. The van der Waals surface area contributed by atoms with Gasteiger partial charge < -0.3 is 10.7 Å². The van der Waals surface area contributed by atoms with Crippen LogP contribution < -0.4 is 5.73 Å². The van der Waals surface area contributed by atoms with Gasteiger partial charge in [0.05, 0.1) is 21.7 Å². The predicted molar refractivity (Wildman–Crippen MR) is 70.9 cm³/mol.